The Morgan fingerprint density at radius 3 is 2.26 bits per heavy atom. The van der Waals surface area contributed by atoms with Gasteiger partial charge < -0.3 is 5.11 Å². The van der Waals surface area contributed by atoms with Gasteiger partial charge in [-0.3, -0.25) is 9.59 Å². The van der Waals surface area contributed by atoms with E-state index < -0.39 is 0 Å². The number of hydrazone groups is 1. The first-order chi connectivity index (χ1) is 11.1. The number of amides is 2. The summed E-state index contributed by atoms with van der Waals surface area (Å²) in [6.07, 6.45) is 7.92. The second-order valence-electron chi connectivity index (χ2n) is 7.01. The average Bonchev–Trinajstić information content (AvgIpc) is 3.15. The molecule has 4 aliphatic rings. The lowest BCUT2D eigenvalue weighted by Gasteiger charge is -2.18. The molecule has 1 spiro atoms. The highest BCUT2D eigenvalue weighted by Crippen LogP contribution is 2.73. The second kappa shape index (κ2) is 4.10. The zero-order chi connectivity index (χ0) is 15.8. The van der Waals surface area contributed by atoms with Crippen molar-refractivity contribution in [3.8, 4) is 5.75 Å². The lowest BCUT2D eigenvalue weighted by Crippen LogP contribution is -2.30. The molecule has 2 saturated carbocycles. The van der Waals surface area contributed by atoms with Gasteiger partial charge in [0.15, 0.2) is 0 Å². The SMILES string of the molecule is O=C1[C@@H]2[C@@H](C(=O)N1/N=C\c1ccccc1O)[C@H]1C=C[C@H]2C12CC2. The van der Waals surface area contributed by atoms with Crippen molar-refractivity contribution in [2.75, 3.05) is 0 Å². The Morgan fingerprint density at radius 2 is 1.70 bits per heavy atom. The summed E-state index contributed by atoms with van der Waals surface area (Å²) in [5.74, 6) is -0.347. The Labute approximate surface area is 133 Å². The van der Waals surface area contributed by atoms with Crippen LogP contribution in [0.5, 0.6) is 5.75 Å². The summed E-state index contributed by atoms with van der Waals surface area (Å²) in [6.45, 7) is 0. The van der Waals surface area contributed by atoms with Gasteiger partial charge in [0.1, 0.15) is 5.75 Å². The van der Waals surface area contributed by atoms with Crippen LogP contribution in [-0.4, -0.2) is 28.1 Å². The Kier molecular flexibility index (Phi) is 2.33. The van der Waals surface area contributed by atoms with E-state index in [1.54, 1.807) is 24.3 Å². The van der Waals surface area contributed by atoms with Gasteiger partial charge in [-0.25, -0.2) is 0 Å². The van der Waals surface area contributed by atoms with Crippen LogP contribution in [0.4, 0.5) is 0 Å². The number of imide groups is 1. The molecule has 23 heavy (non-hydrogen) atoms. The minimum atomic E-state index is -0.235. The number of allylic oxidation sites excluding steroid dienone is 2. The summed E-state index contributed by atoms with van der Waals surface area (Å²) >= 11 is 0. The fourth-order valence-corrected chi connectivity index (χ4v) is 4.89. The number of phenols is 1. The minimum Gasteiger partial charge on any atom is -0.507 e. The van der Waals surface area contributed by atoms with E-state index in [9.17, 15) is 14.7 Å². The first-order valence-electron chi connectivity index (χ1n) is 8.02. The van der Waals surface area contributed by atoms with Crippen LogP contribution >= 0.6 is 0 Å². The predicted molar refractivity (Wildman–Crippen MR) is 82.3 cm³/mol. The highest BCUT2D eigenvalue weighted by Gasteiger charge is 2.73. The third-order valence-corrected chi connectivity index (χ3v) is 6.08. The van der Waals surface area contributed by atoms with Crippen molar-refractivity contribution in [1.82, 2.24) is 5.01 Å². The van der Waals surface area contributed by atoms with Gasteiger partial charge in [-0.05, 0) is 42.2 Å². The van der Waals surface area contributed by atoms with E-state index in [2.05, 4.69) is 17.3 Å². The number of rotatable bonds is 2. The van der Waals surface area contributed by atoms with Crippen LogP contribution in [0.25, 0.3) is 0 Å². The number of hydrogen-bond donors (Lipinski definition) is 1. The molecule has 2 bridgehead atoms. The maximum atomic E-state index is 12.7. The zero-order valence-electron chi connectivity index (χ0n) is 12.4. The molecular formula is C18H16N2O3. The van der Waals surface area contributed by atoms with Crippen LogP contribution < -0.4 is 0 Å². The van der Waals surface area contributed by atoms with Gasteiger partial charge >= 0.3 is 0 Å². The van der Waals surface area contributed by atoms with Crippen molar-refractivity contribution in [1.29, 1.82) is 0 Å². The van der Waals surface area contributed by atoms with Crippen LogP contribution in [-0.2, 0) is 9.59 Å². The monoisotopic (exact) mass is 308 g/mol. The number of benzene rings is 1. The highest BCUT2D eigenvalue weighted by atomic mass is 16.3. The molecule has 5 nitrogen and oxygen atoms in total. The van der Waals surface area contributed by atoms with E-state index in [1.807, 2.05) is 0 Å². The third kappa shape index (κ3) is 1.49. The standard InChI is InChI=1S/C18H16N2O3/c21-13-4-2-1-3-10(13)9-19-20-16(22)14-11-5-6-12(15(14)17(20)23)18(11)7-8-18/h1-6,9,11-12,14-15,21H,7-8H2/b19-9-/t11-,12-,14+,15+/m1/s1. The van der Waals surface area contributed by atoms with Crippen molar-refractivity contribution in [3.63, 3.8) is 0 Å². The first kappa shape index (κ1) is 13.0. The normalized spacial score (nSPS) is 35.7. The molecule has 3 fully saturated rings. The highest BCUT2D eigenvalue weighted by molar-refractivity contribution is 6.07. The van der Waals surface area contributed by atoms with Gasteiger partial charge in [0.2, 0.25) is 0 Å². The van der Waals surface area contributed by atoms with Crippen LogP contribution in [0.1, 0.15) is 18.4 Å². The molecule has 1 aromatic carbocycles. The van der Waals surface area contributed by atoms with Crippen molar-refractivity contribution >= 4 is 18.0 Å². The van der Waals surface area contributed by atoms with Crippen molar-refractivity contribution in [3.05, 3.63) is 42.0 Å². The topological polar surface area (TPSA) is 70.0 Å². The number of para-hydroxylation sites is 1. The zero-order valence-corrected chi connectivity index (χ0v) is 12.4. The number of fused-ring (bicyclic) bond motifs is 3. The van der Waals surface area contributed by atoms with Crippen LogP contribution in [0, 0.1) is 29.1 Å². The molecule has 1 saturated heterocycles. The van der Waals surface area contributed by atoms with Gasteiger partial charge in [-0.1, -0.05) is 24.3 Å². The number of carbonyl (C=O) groups excluding carboxylic acids is 2. The van der Waals surface area contributed by atoms with Crippen molar-refractivity contribution < 1.29 is 14.7 Å². The summed E-state index contributed by atoms with van der Waals surface area (Å²) in [5.41, 5.74) is 0.693. The summed E-state index contributed by atoms with van der Waals surface area (Å²) in [6, 6.07) is 6.71. The largest absolute Gasteiger partial charge is 0.507 e. The molecular weight excluding hydrogens is 292 g/mol. The van der Waals surface area contributed by atoms with Crippen molar-refractivity contribution in [2.24, 2.45) is 34.2 Å². The molecule has 1 N–H and O–H groups in total. The Morgan fingerprint density at radius 1 is 1.09 bits per heavy atom. The van der Waals surface area contributed by atoms with Crippen LogP contribution in [0.2, 0.25) is 0 Å². The fourth-order valence-electron chi connectivity index (χ4n) is 4.89. The van der Waals surface area contributed by atoms with E-state index in [4.69, 9.17) is 0 Å². The minimum absolute atomic E-state index is 0.0780. The van der Waals surface area contributed by atoms with Gasteiger partial charge in [0.05, 0.1) is 18.1 Å². The molecule has 1 heterocycles. The molecule has 5 rings (SSSR count). The van der Waals surface area contributed by atoms with Crippen LogP contribution in [0.3, 0.4) is 0 Å². The molecule has 0 unspecified atom stereocenters. The maximum Gasteiger partial charge on any atom is 0.254 e. The first-order valence-corrected chi connectivity index (χ1v) is 8.02. The molecule has 0 aromatic heterocycles. The number of phenolic OH excluding ortho intramolecular Hbond substituents is 1. The molecule has 4 atom stereocenters. The predicted octanol–water partition coefficient (Wildman–Crippen LogP) is 1.92. The van der Waals surface area contributed by atoms with E-state index in [1.165, 1.54) is 6.21 Å². The summed E-state index contributed by atoms with van der Waals surface area (Å²) in [5, 5.41) is 14.9. The smallest absolute Gasteiger partial charge is 0.254 e. The lowest BCUT2D eigenvalue weighted by molar-refractivity contribution is -0.141. The van der Waals surface area contributed by atoms with E-state index in [0.29, 0.717) is 5.56 Å². The van der Waals surface area contributed by atoms with Crippen LogP contribution in [0.15, 0.2) is 41.5 Å². The molecule has 1 aliphatic heterocycles. The Balaban J connectivity index is 1.46. The van der Waals surface area contributed by atoms with E-state index >= 15 is 0 Å². The lowest BCUT2D eigenvalue weighted by atomic mass is 9.85. The Bertz CT molecular complexity index is 759. The van der Waals surface area contributed by atoms with Gasteiger partial charge in [-0.15, -0.1) is 0 Å². The van der Waals surface area contributed by atoms with E-state index in [-0.39, 0.29) is 46.7 Å². The number of hydrogen-bond acceptors (Lipinski definition) is 4. The molecule has 2 amide bonds. The second-order valence-corrected chi connectivity index (χ2v) is 7.01. The summed E-state index contributed by atoms with van der Waals surface area (Å²) in [4.78, 5) is 25.4. The molecule has 1 aromatic rings. The van der Waals surface area contributed by atoms with Gasteiger partial charge in [0, 0.05) is 5.56 Å². The van der Waals surface area contributed by atoms with Crippen molar-refractivity contribution in [2.45, 2.75) is 12.8 Å². The van der Waals surface area contributed by atoms with Gasteiger partial charge in [0.25, 0.3) is 11.8 Å². The van der Waals surface area contributed by atoms with Gasteiger partial charge in [-0.2, -0.15) is 10.1 Å². The number of aromatic hydroxyl groups is 1. The Hall–Kier alpha value is -2.43. The molecule has 3 aliphatic carbocycles. The molecule has 5 heteroatoms. The summed E-state index contributed by atoms with van der Waals surface area (Å²) < 4.78 is 0. The average molecular weight is 308 g/mol. The van der Waals surface area contributed by atoms with E-state index in [0.717, 1.165) is 17.9 Å². The third-order valence-electron chi connectivity index (χ3n) is 6.08. The fraction of sp³-hybridized carbons (Fsp3) is 0.389. The maximum absolute atomic E-state index is 12.7. The molecule has 0 radical (unpaired) electrons. The summed E-state index contributed by atoms with van der Waals surface area (Å²) in [7, 11) is 0. The molecule has 116 valence electrons. The number of carbonyl (C=O) groups is 2. The quantitative estimate of drug-likeness (QED) is 0.515. The number of nitrogens with zero attached hydrogens (tertiary/aromatic N) is 2.